The molecule has 3 aliphatic heterocycles. The molecule has 6 amide bonds. The van der Waals surface area contributed by atoms with Gasteiger partial charge in [0.05, 0.1) is 33.2 Å². The average molecular weight is 1090 g/mol. The molecule has 1 aromatic heterocycles. The quantitative estimate of drug-likeness (QED) is 0.0558. The van der Waals surface area contributed by atoms with Crippen LogP contribution in [0.25, 0.3) is 10.4 Å². The van der Waals surface area contributed by atoms with Gasteiger partial charge in [-0.25, -0.2) is 9.37 Å². The van der Waals surface area contributed by atoms with Crippen molar-refractivity contribution in [1.82, 2.24) is 31.2 Å². The van der Waals surface area contributed by atoms with E-state index in [0.29, 0.717) is 72.6 Å². The summed E-state index contributed by atoms with van der Waals surface area (Å²) in [6.07, 6.45) is 5.97. The standard InChI is InChI=1S/C58H65Cl2FN8O6S/c1-33(35-17-19-36(20-18-35)49-34(2)63-32-76-49)64-52(72)44-15-12-30-69(44)54(74)50(56(3,4)5)67-45(70)16-7-10-29-62-51(71)37-21-24-39(25-22-37)65-53(73)48-46(40-13-11-14-42(60)47(40)61)58(57(68-48)27-8-6-9-28-57)41-26-23-38(59)31-43(41)66-55(58)75/h11,13-14,17-26,31-33,44,46,48,50,68H,6-10,12,15-16,27-30H2,1-5H3,(H,62,71)(H,64,72)(H,65,73)(H,66,75)(H,67,70)/t33-,44-,46-,48+,50+,58+/m0/s1. The Bertz CT molecular complexity index is 3030. The molecule has 0 bridgehead atoms. The molecule has 3 fully saturated rings. The van der Waals surface area contributed by atoms with Crippen LogP contribution in [0.2, 0.25) is 10.0 Å². The van der Waals surface area contributed by atoms with E-state index in [4.69, 9.17) is 23.2 Å². The van der Waals surface area contributed by atoms with Crippen LogP contribution in [0, 0.1) is 18.2 Å². The molecule has 76 heavy (non-hydrogen) atoms. The van der Waals surface area contributed by atoms with E-state index in [9.17, 15) is 28.8 Å². The van der Waals surface area contributed by atoms with Crippen LogP contribution >= 0.6 is 34.5 Å². The maximum atomic E-state index is 16.3. The number of hydrogen-bond acceptors (Lipinski definition) is 9. The minimum absolute atomic E-state index is 0.119. The predicted molar refractivity (Wildman–Crippen MR) is 295 cm³/mol. The lowest BCUT2D eigenvalue weighted by molar-refractivity contribution is -0.144. The second-order valence-corrected chi connectivity index (χ2v) is 23.5. The van der Waals surface area contributed by atoms with E-state index in [2.05, 4.69) is 36.9 Å². The zero-order valence-corrected chi connectivity index (χ0v) is 45.7. The van der Waals surface area contributed by atoms with Crippen molar-refractivity contribution in [3.63, 3.8) is 0 Å². The Morgan fingerprint density at radius 2 is 1.64 bits per heavy atom. The van der Waals surface area contributed by atoms with Crippen LogP contribution in [0.15, 0.2) is 90.4 Å². The minimum atomic E-state index is -1.38. The summed E-state index contributed by atoms with van der Waals surface area (Å²) in [4.78, 5) is 90.9. The zero-order chi connectivity index (χ0) is 54.1. The molecule has 1 saturated carbocycles. The van der Waals surface area contributed by atoms with Gasteiger partial charge in [-0.05, 0) is 123 Å². The normalized spacial score (nSPS) is 21.4. The van der Waals surface area contributed by atoms with Crippen LogP contribution in [0.5, 0.6) is 0 Å². The maximum Gasteiger partial charge on any atom is 0.251 e. The van der Waals surface area contributed by atoms with Crippen LogP contribution in [0.4, 0.5) is 15.8 Å². The minimum Gasteiger partial charge on any atom is -0.352 e. The molecule has 2 saturated heterocycles. The van der Waals surface area contributed by atoms with E-state index in [-0.39, 0.29) is 59.1 Å². The van der Waals surface area contributed by atoms with E-state index >= 15 is 4.39 Å². The van der Waals surface area contributed by atoms with Crippen LogP contribution in [0.1, 0.15) is 137 Å². The lowest BCUT2D eigenvalue weighted by Crippen LogP contribution is -2.60. The van der Waals surface area contributed by atoms with E-state index < -0.39 is 52.1 Å². The fraction of sp³-hybridized carbons (Fsp3) is 0.431. The molecule has 4 heterocycles. The fourth-order valence-corrected chi connectivity index (χ4v) is 13.3. The molecule has 4 aromatic carbocycles. The topological polar surface area (TPSA) is 191 Å². The van der Waals surface area contributed by atoms with Gasteiger partial charge in [0.1, 0.15) is 23.3 Å². The lowest BCUT2D eigenvalue weighted by atomic mass is 9.55. The van der Waals surface area contributed by atoms with E-state index in [0.717, 1.165) is 41.0 Å². The Morgan fingerprint density at radius 3 is 2.34 bits per heavy atom. The lowest BCUT2D eigenvalue weighted by Gasteiger charge is -2.47. The van der Waals surface area contributed by atoms with Crippen molar-refractivity contribution in [2.75, 3.05) is 23.7 Å². The van der Waals surface area contributed by atoms with Gasteiger partial charge < -0.3 is 31.5 Å². The van der Waals surface area contributed by atoms with Crippen LogP contribution in [0.3, 0.4) is 0 Å². The van der Waals surface area contributed by atoms with Crippen molar-refractivity contribution in [2.24, 2.45) is 5.41 Å². The molecule has 1 aliphatic carbocycles. The summed E-state index contributed by atoms with van der Waals surface area (Å²) in [5, 5.41) is 18.9. The molecule has 5 aromatic rings. The van der Waals surface area contributed by atoms with Gasteiger partial charge in [0.25, 0.3) is 5.91 Å². The predicted octanol–water partition coefficient (Wildman–Crippen LogP) is 10.2. The molecule has 14 nitrogen and oxygen atoms in total. The number of carbonyl (C=O) groups is 6. The molecule has 2 spiro atoms. The van der Waals surface area contributed by atoms with Gasteiger partial charge in [-0.15, -0.1) is 11.3 Å². The fourth-order valence-electron chi connectivity index (χ4n) is 12.1. The summed E-state index contributed by atoms with van der Waals surface area (Å²) in [7, 11) is 0. The van der Waals surface area contributed by atoms with Crippen LogP contribution < -0.4 is 31.9 Å². The third-order valence-corrected chi connectivity index (χ3v) is 17.4. The van der Waals surface area contributed by atoms with Crippen molar-refractivity contribution < 1.29 is 33.2 Å². The Balaban J connectivity index is 0.779. The van der Waals surface area contributed by atoms with E-state index in [1.807, 2.05) is 64.4 Å². The molecule has 400 valence electrons. The number of anilines is 2. The number of thiazole rings is 1. The number of likely N-dealkylation sites (tertiary alicyclic amines) is 1. The second kappa shape index (κ2) is 22.4. The summed E-state index contributed by atoms with van der Waals surface area (Å²) in [5.41, 5.74) is 3.95. The average Bonchev–Trinajstić information content (AvgIpc) is 4.21. The first kappa shape index (κ1) is 54.6. The highest BCUT2D eigenvalue weighted by Gasteiger charge is 2.72. The molecule has 0 unspecified atom stereocenters. The number of nitrogens with one attached hydrogen (secondary N) is 6. The number of aromatic nitrogens is 1. The molecule has 9 rings (SSSR count). The van der Waals surface area contributed by atoms with Crippen molar-refractivity contribution in [3.8, 4) is 10.4 Å². The SMILES string of the molecule is Cc1ncsc1-c1ccc([C@H](C)NC(=O)[C@@H]2CCCN2C(=O)[C@@H](NC(=O)CCCCNC(=O)c2ccc(NC(=O)[C@@H]3NC4(CCCCC4)[C@@]4(C(=O)Nc5cc(Cl)ccc54)[C@H]3c3cccc(Cl)c3F)cc2)C(C)(C)C)cc1. The summed E-state index contributed by atoms with van der Waals surface area (Å²) in [6.45, 7) is 10.3. The number of amides is 6. The van der Waals surface area contributed by atoms with Crippen molar-refractivity contribution in [3.05, 3.63) is 134 Å². The largest absolute Gasteiger partial charge is 0.352 e. The molecular formula is C58H65Cl2FN8O6S. The first-order chi connectivity index (χ1) is 36.3. The van der Waals surface area contributed by atoms with Crippen LogP contribution in [-0.4, -0.2) is 82.1 Å². The number of unbranched alkanes of at least 4 members (excludes halogenated alkanes) is 1. The Hall–Kier alpha value is -6.20. The number of carbonyl (C=O) groups excluding carboxylic acids is 6. The Kier molecular flexibility index (Phi) is 16.1. The number of rotatable bonds is 15. The summed E-state index contributed by atoms with van der Waals surface area (Å²) >= 11 is 14.4. The second-order valence-electron chi connectivity index (χ2n) is 21.8. The van der Waals surface area contributed by atoms with Crippen molar-refractivity contribution in [2.45, 2.75) is 140 Å². The Labute approximate surface area is 457 Å². The van der Waals surface area contributed by atoms with Crippen molar-refractivity contribution >= 4 is 81.4 Å². The summed E-state index contributed by atoms with van der Waals surface area (Å²) < 4.78 is 16.3. The summed E-state index contributed by atoms with van der Waals surface area (Å²) in [5.74, 6) is -3.68. The molecular weight excluding hydrogens is 1030 g/mol. The van der Waals surface area contributed by atoms with Gasteiger partial charge >= 0.3 is 0 Å². The number of aryl methyl sites for hydroxylation is 1. The number of benzene rings is 4. The van der Waals surface area contributed by atoms with Gasteiger partial charge in [-0.3, -0.25) is 34.1 Å². The first-order valence-electron chi connectivity index (χ1n) is 26.3. The van der Waals surface area contributed by atoms with Gasteiger partial charge in [-0.2, -0.15) is 0 Å². The van der Waals surface area contributed by atoms with Crippen LogP contribution in [-0.2, 0) is 29.4 Å². The highest BCUT2D eigenvalue weighted by Crippen LogP contribution is 2.63. The van der Waals surface area contributed by atoms with Gasteiger partial charge in [-0.1, -0.05) is 106 Å². The number of hydrogen-bond donors (Lipinski definition) is 6. The highest BCUT2D eigenvalue weighted by molar-refractivity contribution is 7.13. The number of nitrogens with zero attached hydrogens (tertiary/aromatic N) is 2. The molecule has 18 heteroatoms. The van der Waals surface area contributed by atoms with Gasteiger partial charge in [0, 0.05) is 52.9 Å². The zero-order valence-electron chi connectivity index (χ0n) is 43.4. The third-order valence-electron chi connectivity index (χ3n) is 15.9. The van der Waals surface area contributed by atoms with E-state index in [1.165, 1.54) is 6.07 Å². The number of halogens is 3. The molecule has 6 atom stereocenters. The monoisotopic (exact) mass is 1090 g/mol. The molecule has 4 aliphatic rings. The maximum absolute atomic E-state index is 16.3. The smallest absolute Gasteiger partial charge is 0.251 e. The molecule has 0 radical (unpaired) electrons. The highest BCUT2D eigenvalue weighted by atomic mass is 35.5. The summed E-state index contributed by atoms with van der Waals surface area (Å²) in [6, 6.07) is 21.4. The first-order valence-corrected chi connectivity index (χ1v) is 27.9. The van der Waals surface area contributed by atoms with Gasteiger partial charge in [0.2, 0.25) is 29.5 Å². The van der Waals surface area contributed by atoms with E-state index in [1.54, 1.807) is 70.8 Å². The molecule has 6 N–H and O–H groups in total. The van der Waals surface area contributed by atoms with Gasteiger partial charge in [0.15, 0.2) is 0 Å². The van der Waals surface area contributed by atoms with Crippen molar-refractivity contribution in [1.29, 1.82) is 0 Å². The third kappa shape index (κ3) is 10.6. The number of fused-ring (bicyclic) bond motifs is 3. The Morgan fingerprint density at radius 1 is 0.908 bits per heavy atom.